The Hall–Kier alpha value is -0.870. The Bertz CT molecular complexity index is 373. The zero-order chi connectivity index (χ0) is 13.7. The van der Waals surface area contributed by atoms with Crippen LogP contribution < -0.4 is 5.32 Å². The molecule has 1 aromatic rings. The highest BCUT2D eigenvalue weighted by molar-refractivity contribution is 5.01. The highest BCUT2D eigenvalue weighted by Gasteiger charge is 2.36. The molecule has 1 N–H and O–H groups in total. The summed E-state index contributed by atoms with van der Waals surface area (Å²) in [6.45, 7) is 3.28. The molecule has 0 spiro atoms. The average Bonchev–Trinajstić information content (AvgIpc) is 3.16. The number of nitrogens with zero attached hydrogens (tertiary/aromatic N) is 2. The van der Waals surface area contributed by atoms with Crippen LogP contribution in [0.2, 0.25) is 0 Å². The summed E-state index contributed by atoms with van der Waals surface area (Å²) in [4.78, 5) is 0. The molecule has 1 aliphatic rings. The van der Waals surface area contributed by atoms with E-state index in [1.807, 2.05) is 25.0 Å². The van der Waals surface area contributed by atoms with E-state index in [0.717, 1.165) is 25.3 Å². The van der Waals surface area contributed by atoms with Crippen LogP contribution in [0.15, 0.2) is 12.3 Å². The SMILES string of the molecule is CCCNC(CCc1ccnn1C)C(OC)C1CC1. The van der Waals surface area contributed by atoms with Gasteiger partial charge in [0.05, 0.1) is 6.10 Å². The monoisotopic (exact) mass is 265 g/mol. The van der Waals surface area contributed by atoms with E-state index in [9.17, 15) is 0 Å². The molecule has 0 aliphatic heterocycles. The first kappa shape index (κ1) is 14.5. The topological polar surface area (TPSA) is 39.1 Å². The van der Waals surface area contributed by atoms with Crippen LogP contribution in [0.1, 0.15) is 38.3 Å². The normalized spacial score (nSPS) is 18.5. The van der Waals surface area contributed by atoms with E-state index >= 15 is 0 Å². The first-order valence-corrected chi connectivity index (χ1v) is 7.49. The minimum atomic E-state index is 0.375. The summed E-state index contributed by atoms with van der Waals surface area (Å²) >= 11 is 0. The molecule has 19 heavy (non-hydrogen) atoms. The van der Waals surface area contributed by atoms with E-state index in [0.29, 0.717) is 12.1 Å². The van der Waals surface area contributed by atoms with Crippen molar-refractivity contribution in [3.63, 3.8) is 0 Å². The van der Waals surface area contributed by atoms with Gasteiger partial charge in [0.1, 0.15) is 0 Å². The van der Waals surface area contributed by atoms with Crippen LogP contribution in [0.4, 0.5) is 0 Å². The molecule has 0 bridgehead atoms. The van der Waals surface area contributed by atoms with Crippen molar-refractivity contribution >= 4 is 0 Å². The van der Waals surface area contributed by atoms with Gasteiger partial charge >= 0.3 is 0 Å². The molecule has 4 nitrogen and oxygen atoms in total. The zero-order valence-corrected chi connectivity index (χ0v) is 12.4. The molecular weight excluding hydrogens is 238 g/mol. The average molecular weight is 265 g/mol. The fourth-order valence-electron chi connectivity index (χ4n) is 2.77. The molecule has 0 amide bonds. The van der Waals surface area contributed by atoms with Gasteiger partial charge in [-0.15, -0.1) is 0 Å². The molecule has 1 aromatic heterocycles. The van der Waals surface area contributed by atoms with Gasteiger partial charge in [0.25, 0.3) is 0 Å². The van der Waals surface area contributed by atoms with E-state index in [4.69, 9.17) is 4.74 Å². The summed E-state index contributed by atoms with van der Waals surface area (Å²) in [7, 11) is 3.87. The van der Waals surface area contributed by atoms with Crippen LogP contribution in [0.3, 0.4) is 0 Å². The molecule has 1 saturated carbocycles. The van der Waals surface area contributed by atoms with Crippen molar-refractivity contribution in [3.05, 3.63) is 18.0 Å². The number of methoxy groups -OCH3 is 1. The minimum Gasteiger partial charge on any atom is -0.380 e. The van der Waals surface area contributed by atoms with Crippen molar-refractivity contribution in [2.45, 2.75) is 51.2 Å². The molecule has 108 valence electrons. The highest BCUT2D eigenvalue weighted by Crippen LogP contribution is 2.36. The van der Waals surface area contributed by atoms with Gasteiger partial charge in [0.2, 0.25) is 0 Å². The maximum Gasteiger partial charge on any atom is 0.0752 e. The maximum atomic E-state index is 5.75. The second kappa shape index (κ2) is 7.06. The van der Waals surface area contributed by atoms with Crippen LogP contribution in [-0.2, 0) is 18.2 Å². The smallest absolute Gasteiger partial charge is 0.0752 e. The molecule has 2 unspecified atom stereocenters. The fourth-order valence-corrected chi connectivity index (χ4v) is 2.77. The number of aromatic nitrogens is 2. The fraction of sp³-hybridized carbons (Fsp3) is 0.800. The number of aryl methyl sites for hydroxylation is 2. The lowest BCUT2D eigenvalue weighted by Gasteiger charge is -2.27. The van der Waals surface area contributed by atoms with Crippen molar-refractivity contribution in [1.29, 1.82) is 0 Å². The molecule has 2 atom stereocenters. The van der Waals surface area contributed by atoms with Crippen LogP contribution in [0.25, 0.3) is 0 Å². The predicted molar refractivity (Wildman–Crippen MR) is 77.1 cm³/mol. The van der Waals surface area contributed by atoms with Gasteiger partial charge in [-0.25, -0.2) is 0 Å². The first-order valence-electron chi connectivity index (χ1n) is 7.49. The van der Waals surface area contributed by atoms with Gasteiger partial charge in [-0.3, -0.25) is 4.68 Å². The molecule has 0 aromatic carbocycles. The van der Waals surface area contributed by atoms with Crippen LogP contribution >= 0.6 is 0 Å². The van der Waals surface area contributed by atoms with Gasteiger partial charge in [-0.2, -0.15) is 5.10 Å². The third kappa shape index (κ3) is 4.05. The Morgan fingerprint density at radius 2 is 2.32 bits per heavy atom. The highest BCUT2D eigenvalue weighted by atomic mass is 16.5. The van der Waals surface area contributed by atoms with Gasteiger partial charge in [0.15, 0.2) is 0 Å². The van der Waals surface area contributed by atoms with Crippen molar-refractivity contribution in [1.82, 2.24) is 15.1 Å². The summed E-state index contributed by atoms with van der Waals surface area (Å²) < 4.78 is 7.72. The molecule has 1 aliphatic carbocycles. The summed E-state index contributed by atoms with van der Waals surface area (Å²) in [5, 5.41) is 7.90. The maximum absolute atomic E-state index is 5.75. The Morgan fingerprint density at radius 1 is 1.53 bits per heavy atom. The molecule has 1 fully saturated rings. The predicted octanol–water partition coefficient (Wildman–Crippen LogP) is 2.15. The van der Waals surface area contributed by atoms with Crippen LogP contribution in [-0.4, -0.2) is 35.6 Å². The first-order chi connectivity index (χ1) is 9.26. The van der Waals surface area contributed by atoms with Crippen LogP contribution in [0, 0.1) is 5.92 Å². The number of rotatable bonds is 9. The minimum absolute atomic E-state index is 0.375. The summed E-state index contributed by atoms with van der Waals surface area (Å²) in [5.41, 5.74) is 1.30. The molecular formula is C15H27N3O. The second-order valence-corrected chi connectivity index (χ2v) is 5.58. The number of nitrogens with one attached hydrogen (secondary N) is 1. The summed E-state index contributed by atoms with van der Waals surface area (Å²) in [5.74, 6) is 0.769. The third-order valence-electron chi connectivity index (χ3n) is 4.05. The molecule has 2 rings (SSSR count). The largest absolute Gasteiger partial charge is 0.380 e. The summed E-state index contributed by atoms with van der Waals surface area (Å²) in [6, 6.07) is 2.57. The molecule has 0 radical (unpaired) electrons. The Labute approximate surface area is 116 Å². The van der Waals surface area contributed by atoms with Gasteiger partial charge in [-0.1, -0.05) is 6.92 Å². The van der Waals surface area contributed by atoms with E-state index in [-0.39, 0.29) is 0 Å². The molecule has 0 saturated heterocycles. The Morgan fingerprint density at radius 3 is 2.84 bits per heavy atom. The van der Waals surface area contributed by atoms with Crippen molar-refractivity contribution in [2.75, 3.05) is 13.7 Å². The van der Waals surface area contributed by atoms with Crippen molar-refractivity contribution in [2.24, 2.45) is 13.0 Å². The number of ether oxygens (including phenoxy) is 1. The van der Waals surface area contributed by atoms with E-state index in [2.05, 4.69) is 23.4 Å². The summed E-state index contributed by atoms with van der Waals surface area (Å²) in [6.07, 6.45) is 8.25. The van der Waals surface area contributed by atoms with Gasteiger partial charge in [0, 0.05) is 32.1 Å². The van der Waals surface area contributed by atoms with Crippen molar-refractivity contribution in [3.8, 4) is 0 Å². The van der Waals surface area contributed by atoms with Crippen LogP contribution in [0.5, 0.6) is 0 Å². The van der Waals surface area contributed by atoms with Gasteiger partial charge in [-0.05, 0) is 50.6 Å². The quantitative estimate of drug-likeness (QED) is 0.743. The van der Waals surface area contributed by atoms with Gasteiger partial charge < -0.3 is 10.1 Å². The number of hydrogen-bond acceptors (Lipinski definition) is 3. The zero-order valence-electron chi connectivity index (χ0n) is 12.4. The lowest BCUT2D eigenvalue weighted by atomic mass is 10.00. The number of hydrogen-bond donors (Lipinski definition) is 1. The van der Waals surface area contributed by atoms with E-state index in [1.165, 1.54) is 25.0 Å². The Balaban J connectivity index is 1.90. The molecule has 4 heteroatoms. The molecule has 1 heterocycles. The standard InChI is InChI=1S/C15H27N3O/c1-4-10-16-14(15(19-3)12-5-6-12)8-7-13-9-11-17-18(13)2/h9,11-12,14-16H,4-8,10H2,1-3H3. The van der Waals surface area contributed by atoms with E-state index in [1.54, 1.807) is 0 Å². The second-order valence-electron chi connectivity index (χ2n) is 5.58. The Kier molecular flexibility index (Phi) is 5.40. The lowest BCUT2D eigenvalue weighted by Crippen LogP contribution is -2.43. The third-order valence-corrected chi connectivity index (χ3v) is 4.05. The van der Waals surface area contributed by atoms with Crippen molar-refractivity contribution < 1.29 is 4.74 Å². The van der Waals surface area contributed by atoms with E-state index < -0.39 is 0 Å². The lowest BCUT2D eigenvalue weighted by molar-refractivity contribution is 0.0483.